The summed E-state index contributed by atoms with van der Waals surface area (Å²) in [4.78, 5) is 28.0. The van der Waals surface area contributed by atoms with Crippen molar-refractivity contribution in [2.45, 2.75) is 38.5 Å². The lowest BCUT2D eigenvalue weighted by atomic mass is 10.1. The molecule has 2 heterocycles. The van der Waals surface area contributed by atoms with Crippen LogP contribution in [0.2, 0.25) is 0 Å². The fraction of sp³-hybridized carbons (Fsp3) is 0.545. The summed E-state index contributed by atoms with van der Waals surface area (Å²) < 4.78 is 0. The summed E-state index contributed by atoms with van der Waals surface area (Å²) in [6.45, 7) is 1.98. The van der Waals surface area contributed by atoms with Crippen LogP contribution in [-0.4, -0.2) is 39.5 Å². The maximum absolute atomic E-state index is 12.1. The van der Waals surface area contributed by atoms with Crippen LogP contribution in [0.1, 0.15) is 26.2 Å². The number of aromatic amines is 1. The summed E-state index contributed by atoms with van der Waals surface area (Å²) in [6.07, 6.45) is 1.73. The van der Waals surface area contributed by atoms with Gasteiger partial charge in [-0.3, -0.25) is 9.89 Å². The standard InChI is InChI=1S/C11H16N4O4/c1-2-3-4-7(13-11(17)18)9(16)10-15(19-10)8-5-6-12-14-8/h5-7,10,13H,2-4H2,1H3,(H,12,14)(H,17,18). The van der Waals surface area contributed by atoms with Gasteiger partial charge in [0.05, 0.1) is 12.2 Å². The molecule has 104 valence electrons. The molecule has 0 aliphatic carbocycles. The van der Waals surface area contributed by atoms with Gasteiger partial charge in [-0.2, -0.15) is 10.2 Å². The number of anilines is 1. The fourth-order valence-corrected chi connectivity index (χ4v) is 1.82. The van der Waals surface area contributed by atoms with Crippen molar-refractivity contribution in [1.82, 2.24) is 15.5 Å². The molecule has 19 heavy (non-hydrogen) atoms. The Morgan fingerprint density at radius 3 is 3.05 bits per heavy atom. The molecule has 0 saturated carbocycles. The van der Waals surface area contributed by atoms with Gasteiger partial charge in [0.25, 0.3) is 0 Å². The number of unbranched alkanes of at least 4 members (excludes halogenated alkanes) is 1. The molecular weight excluding hydrogens is 252 g/mol. The zero-order valence-corrected chi connectivity index (χ0v) is 10.5. The van der Waals surface area contributed by atoms with Crippen LogP contribution in [-0.2, 0) is 9.63 Å². The van der Waals surface area contributed by atoms with E-state index in [1.54, 1.807) is 12.3 Å². The third-order valence-electron chi connectivity index (χ3n) is 2.84. The summed E-state index contributed by atoms with van der Waals surface area (Å²) in [5.41, 5.74) is 0. The second-order valence-electron chi connectivity index (χ2n) is 4.27. The third-order valence-corrected chi connectivity index (χ3v) is 2.84. The summed E-state index contributed by atoms with van der Waals surface area (Å²) in [5, 5.41) is 18.8. The first-order valence-corrected chi connectivity index (χ1v) is 6.12. The zero-order chi connectivity index (χ0) is 13.8. The monoisotopic (exact) mass is 268 g/mol. The average molecular weight is 268 g/mol. The quantitative estimate of drug-likeness (QED) is 0.633. The van der Waals surface area contributed by atoms with Gasteiger partial charge in [0.2, 0.25) is 12.0 Å². The molecule has 0 aromatic carbocycles. The second kappa shape index (κ2) is 5.70. The number of nitrogens with one attached hydrogen (secondary N) is 2. The van der Waals surface area contributed by atoms with Crippen molar-refractivity contribution >= 4 is 17.7 Å². The first kappa shape index (κ1) is 13.3. The minimum atomic E-state index is -1.21. The van der Waals surface area contributed by atoms with Gasteiger partial charge in [-0.05, 0) is 6.42 Å². The van der Waals surface area contributed by atoms with E-state index in [-0.39, 0.29) is 5.78 Å². The van der Waals surface area contributed by atoms with E-state index in [9.17, 15) is 9.59 Å². The molecule has 3 N–H and O–H groups in total. The molecule has 1 fully saturated rings. The summed E-state index contributed by atoms with van der Waals surface area (Å²) in [7, 11) is 0. The van der Waals surface area contributed by atoms with E-state index in [0.29, 0.717) is 12.2 Å². The number of carboxylic acid groups (broad SMARTS) is 1. The number of carbonyl (C=O) groups is 2. The summed E-state index contributed by atoms with van der Waals surface area (Å²) in [5.74, 6) is 0.286. The number of amides is 1. The van der Waals surface area contributed by atoms with Crippen LogP contribution in [0.4, 0.5) is 10.6 Å². The van der Waals surface area contributed by atoms with Crippen molar-refractivity contribution < 1.29 is 19.5 Å². The second-order valence-corrected chi connectivity index (χ2v) is 4.27. The van der Waals surface area contributed by atoms with Crippen molar-refractivity contribution in [2.75, 3.05) is 5.06 Å². The lowest BCUT2D eigenvalue weighted by molar-refractivity contribution is -0.122. The van der Waals surface area contributed by atoms with Gasteiger partial charge in [-0.1, -0.05) is 19.8 Å². The number of hydrogen-bond donors (Lipinski definition) is 3. The van der Waals surface area contributed by atoms with Crippen LogP contribution in [0.25, 0.3) is 0 Å². The average Bonchev–Trinajstić information content (AvgIpc) is 2.99. The highest BCUT2D eigenvalue weighted by Gasteiger charge is 2.47. The fourth-order valence-electron chi connectivity index (χ4n) is 1.82. The molecule has 8 nitrogen and oxygen atoms in total. The number of hydrogen-bond acceptors (Lipinski definition) is 5. The molecule has 1 aliphatic heterocycles. The summed E-state index contributed by atoms with van der Waals surface area (Å²) >= 11 is 0. The van der Waals surface area contributed by atoms with Crippen molar-refractivity contribution in [3.8, 4) is 0 Å². The van der Waals surface area contributed by atoms with Gasteiger partial charge in [0.15, 0.2) is 5.82 Å². The summed E-state index contributed by atoms with van der Waals surface area (Å²) in [6, 6.07) is 0.925. The van der Waals surface area contributed by atoms with E-state index in [4.69, 9.17) is 9.94 Å². The number of H-pyrrole nitrogens is 1. The number of aromatic nitrogens is 2. The van der Waals surface area contributed by atoms with Crippen molar-refractivity contribution in [3.63, 3.8) is 0 Å². The van der Waals surface area contributed by atoms with E-state index >= 15 is 0 Å². The molecule has 0 radical (unpaired) electrons. The predicted molar refractivity (Wildman–Crippen MR) is 65.4 cm³/mol. The third kappa shape index (κ3) is 3.22. The maximum Gasteiger partial charge on any atom is 0.405 e. The highest BCUT2D eigenvalue weighted by molar-refractivity contribution is 5.94. The number of Topliss-reactive ketones (excluding diaryl/α,β-unsaturated/α-hetero) is 1. The van der Waals surface area contributed by atoms with E-state index in [1.807, 2.05) is 6.92 Å². The predicted octanol–water partition coefficient (Wildman–Crippen LogP) is 0.883. The lowest BCUT2D eigenvalue weighted by Gasteiger charge is -2.13. The van der Waals surface area contributed by atoms with Gasteiger partial charge in [0, 0.05) is 6.07 Å². The first-order chi connectivity index (χ1) is 9.13. The Labute approximate surface area is 109 Å². The van der Waals surface area contributed by atoms with Crippen LogP contribution >= 0.6 is 0 Å². The Balaban J connectivity index is 1.94. The molecule has 1 aromatic rings. The number of ketones is 1. The number of hydroxylamine groups is 1. The van der Waals surface area contributed by atoms with E-state index in [1.165, 1.54) is 5.06 Å². The van der Waals surface area contributed by atoms with E-state index in [0.717, 1.165) is 12.8 Å². The van der Waals surface area contributed by atoms with Gasteiger partial charge >= 0.3 is 6.09 Å². The largest absolute Gasteiger partial charge is 0.465 e. The number of nitrogens with zero attached hydrogens (tertiary/aromatic N) is 2. The van der Waals surface area contributed by atoms with Gasteiger partial charge in [-0.15, -0.1) is 0 Å². The van der Waals surface area contributed by atoms with Crippen LogP contribution in [0, 0.1) is 0 Å². The van der Waals surface area contributed by atoms with Gasteiger partial charge in [-0.25, -0.2) is 9.63 Å². The molecule has 2 rings (SSSR count). The van der Waals surface area contributed by atoms with Crippen LogP contribution < -0.4 is 10.4 Å². The Bertz CT molecular complexity index is 448. The van der Waals surface area contributed by atoms with Crippen LogP contribution in [0.5, 0.6) is 0 Å². The highest BCUT2D eigenvalue weighted by Crippen LogP contribution is 2.29. The SMILES string of the molecule is CCCCC(NC(=O)O)C(=O)C1ON1c1ccn[nH]1. The Morgan fingerprint density at radius 2 is 2.47 bits per heavy atom. The van der Waals surface area contributed by atoms with Crippen molar-refractivity contribution in [3.05, 3.63) is 12.3 Å². The highest BCUT2D eigenvalue weighted by atomic mass is 16.8. The minimum absolute atomic E-state index is 0.287. The maximum atomic E-state index is 12.1. The topological polar surface area (TPSA) is 111 Å². The molecule has 1 saturated heterocycles. The molecule has 1 aromatic heterocycles. The normalized spacial score (nSPS) is 19.0. The van der Waals surface area contributed by atoms with Crippen molar-refractivity contribution in [1.29, 1.82) is 0 Å². The Kier molecular flexibility index (Phi) is 4.00. The Hall–Kier alpha value is -2.09. The molecular formula is C11H16N4O4. The van der Waals surface area contributed by atoms with Gasteiger partial charge < -0.3 is 10.4 Å². The van der Waals surface area contributed by atoms with Crippen LogP contribution in [0.15, 0.2) is 12.3 Å². The number of carbonyl (C=O) groups excluding carboxylic acids is 1. The zero-order valence-electron chi connectivity index (χ0n) is 10.5. The van der Waals surface area contributed by atoms with E-state index in [2.05, 4.69) is 15.5 Å². The molecule has 2 unspecified atom stereocenters. The van der Waals surface area contributed by atoms with Gasteiger partial charge in [0.1, 0.15) is 0 Å². The first-order valence-electron chi connectivity index (χ1n) is 6.12. The number of rotatable bonds is 7. The molecule has 1 aliphatic rings. The molecule has 0 bridgehead atoms. The molecule has 1 amide bonds. The lowest BCUT2D eigenvalue weighted by Crippen LogP contribution is -2.42. The van der Waals surface area contributed by atoms with Crippen LogP contribution in [0.3, 0.4) is 0 Å². The smallest absolute Gasteiger partial charge is 0.405 e. The minimum Gasteiger partial charge on any atom is -0.465 e. The molecule has 2 atom stereocenters. The van der Waals surface area contributed by atoms with E-state index < -0.39 is 18.4 Å². The Morgan fingerprint density at radius 1 is 1.68 bits per heavy atom. The molecule has 8 heteroatoms. The molecule has 0 spiro atoms. The van der Waals surface area contributed by atoms with Crippen molar-refractivity contribution in [2.24, 2.45) is 0 Å².